The number of nitrogens with two attached hydrogens (primary N) is 2. The molecule has 1 heterocycles. The molecule has 2 atom stereocenters. The van der Waals surface area contributed by atoms with E-state index < -0.39 is 12.2 Å². The largest absolute Gasteiger partial charge is 0.390 e. The minimum atomic E-state index is -0.957. The van der Waals surface area contributed by atoms with Gasteiger partial charge < -0.3 is 21.7 Å². The third-order valence-electron chi connectivity index (χ3n) is 2.32. The lowest BCUT2D eigenvalue weighted by atomic mass is 10.00. The first kappa shape index (κ1) is 11.9. The van der Waals surface area contributed by atoms with Crippen LogP contribution in [0.3, 0.4) is 0 Å². The Morgan fingerprint density at radius 2 is 2.13 bits per heavy atom. The zero-order chi connectivity index (χ0) is 11.4. The van der Waals surface area contributed by atoms with E-state index in [9.17, 15) is 10.2 Å². The lowest BCUT2D eigenvalue weighted by molar-refractivity contribution is 0.0145. The molecule has 0 aliphatic heterocycles. The minimum Gasteiger partial charge on any atom is -0.390 e. The van der Waals surface area contributed by atoms with Crippen molar-refractivity contribution in [3.05, 3.63) is 23.4 Å². The van der Waals surface area contributed by atoms with Gasteiger partial charge in [0, 0.05) is 11.8 Å². The highest BCUT2D eigenvalue weighted by atomic mass is 16.3. The smallest absolute Gasteiger partial charge is 0.123 e. The van der Waals surface area contributed by atoms with Crippen molar-refractivity contribution < 1.29 is 10.2 Å². The minimum absolute atomic E-state index is 0.333. The summed E-state index contributed by atoms with van der Waals surface area (Å²) in [4.78, 5) is 3.88. The normalized spacial score (nSPS) is 14.9. The van der Waals surface area contributed by atoms with Crippen molar-refractivity contribution in [1.82, 2.24) is 4.98 Å². The van der Waals surface area contributed by atoms with Crippen molar-refractivity contribution in [2.75, 3.05) is 12.3 Å². The van der Waals surface area contributed by atoms with E-state index in [2.05, 4.69) is 4.98 Å². The Kier molecular flexibility index (Phi) is 4.02. The predicted molar refractivity (Wildman–Crippen MR) is 58.0 cm³/mol. The first-order valence-corrected chi connectivity index (χ1v) is 4.84. The zero-order valence-corrected chi connectivity index (χ0v) is 8.72. The highest BCUT2D eigenvalue weighted by Gasteiger charge is 2.19. The second-order valence-corrected chi connectivity index (χ2v) is 3.56. The summed E-state index contributed by atoms with van der Waals surface area (Å²) in [6.45, 7) is 2.14. The van der Waals surface area contributed by atoms with Crippen LogP contribution in [0.4, 0.5) is 5.82 Å². The van der Waals surface area contributed by atoms with Crippen molar-refractivity contribution in [3.63, 3.8) is 0 Å². The number of hydrogen-bond acceptors (Lipinski definition) is 5. The van der Waals surface area contributed by atoms with E-state index in [1.165, 1.54) is 6.20 Å². The van der Waals surface area contributed by atoms with Crippen LogP contribution >= 0.6 is 0 Å². The van der Waals surface area contributed by atoms with Gasteiger partial charge in [0.15, 0.2) is 0 Å². The molecule has 0 saturated heterocycles. The topological polar surface area (TPSA) is 105 Å². The van der Waals surface area contributed by atoms with E-state index in [4.69, 9.17) is 11.5 Å². The number of aliphatic hydroxyl groups is 2. The number of rotatable bonds is 4. The summed E-state index contributed by atoms with van der Waals surface area (Å²) in [7, 11) is 0. The molecule has 5 heteroatoms. The molecule has 0 aliphatic carbocycles. The SMILES string of the molecule is Cc1cc(N)ncc1C(O)C(O)CCN. The number of aryl methyl sites for hydroxylation is 1. The summed E-state index contributed by atoms with van der Waals surface area (Å²) in [6.07, 6.45) is 0.0147. The van der Waals surface area contributed by atoms with Crippen LogP contribution in [0.1, 0.15) is 23.7 Å². The van der Waals surface area contributed by atoms with Gasteiger partial charge in [-0.05, 0) is 31.5 Å². The molecule has 0 fully saturated rings. The van der Waals surface area contributed by atoms with Crippen LogP contribution in [0.15, 0.2) is 12.3 Å². The Bertz CT molecular complexity index is 330. The summed E-state index contributed by atoms with van der Waals surface area (Å²) in [5.41, 5.74) is 12.2. The number of hydrogen-bond donors (Lipinski definition) is 4. The lowest BCUT2D eigenvalue weighted by Gasteiger charge is -2.18. The van der Waals surface area contributed by atoms with Crippen molar-refractivity contribution >= 4 is 5.82 Å². The maximum atomic E-state index is 9.81. The van der Waals surface area contributed by atoms with E-state index in [1.54, 1.807) is 6.07 Å². The van der Waals surface area contributed by atoms with Crippen LogP contribution in [0.2, 0.25) is 0 Å². The summed E-state index contributed by atoms with van der Waals surface area (Å²) in [5.74, 6) is 0.400. The summed E-state index contributed by atoms with van der Waals surface area (Å²) in [6, 6.07) is 1.66. The van der Waals surface area contributed by atoms with Gasteiger partial charge in [0.25, 0.3) is 0 Å². The van der Waals surface area contributed by atoms with Crippen LogP contribution in [0.5, 0.6) is 0 Å². The molecule has 0 amide bonds. The summed E-state index contributed by atoms with van der Waals surface area (Å²) >= 11 is 0. The quantitative estimate of drug-likeness (QED) is 0.548. The average Bonchev–Trinajstić information content (AvgIpc) is 2.17. The van der Waals surface area contributed by atoms with Gasteiger partial charge in [0.1, 0.15) is 11.9 Å². The Labute approximate surface area is 88.7 Å². The van der Waals surface area contributed by atoms with Gasteiger partial charge in [0.05, 0.1) is 6.10 Å². The van der Waals surface area contributed by atoms with Gasteiger partial charge in [0.2, 0.25) is 0 Å². The van der Waals surface area contributed by atoms with Gasteiger partial charge >= 0.3 is 0 Å². The van der Waals surface area contributed by atoms with Gasteiger partial charge in [-0.2, -0.15) is 0 Å². The fourth-order valence-corrected chi connectivity index (χ4v) is 1.43. The van der Waals surface area contributed by atoms with Crippen LogP contribution in [-0.4, -0.2) is 27.8 Å². The highest BCUT2D eigenvalue weighted by Crippen LogP contribution is 2.22. The average molecular weight is 211 g/mol. The van der Waals surface area contributed by atoms with E-state index >= 15 is 0 Å². The lowest BCUT2D eigenvalue weighted by Crippen LogP contribution is -2.22. The molecule has 1 aromatic heterocycles. The highest BCUT2D eigenvalue weighted by molar-refractivity contribution is 5.37. The zero-order valence-electron chi connectivity index (χ0n) is 8.72. The van der Waals surface area contributed by atoms with Gasteiger partial charge in [-0.1, -0.05) is 0 Å². The van der Waals surface area contributed by atoms with Crippen molar-refractivity contribution in [2.24, 2.45) is 5.73 Å². The molecule has 1 rings (SSSR count). The first-order chi connectivity index (χ1) is 7.06. The molecular formula is C10H17N3O2. The molecule has 5 nitrogen and oxygen atoms in total. The summed E-state index contributed by atoms with van der Waals surface area (Å²) in [5, 5.41) is 19.4. The van der Waals surface area contributed by atoms with Gasteiger partial charge in [-0.15, -0.1) is 0 Å². The van der Waals surface area contributed by atoms with Crippen LogP contribution in [0.25, 0.3) is 0 Å². The third kappa shape index (κ3) is 2.89. The second kappa shape index (κ2) is 5.06. The predicted octanol–water partition coefficient (Wildman–Crippen LogP) is -0.285. The van der Waals surface area contributed by atoms with Crippen LogP contribution in [0, 0.1) is 6.92 Å². The molecule has 0 saturated carbocycles. The molecule has 0 spiro atoms. The van der Waals surface area contributed by atoms with E-state index in [0.717, 1.165) is 5.56 Å². The first-order valence-electron chi connectivity index (χ1n) is 4.84. The molecular weight excluding hydrogens is 194 g/mol. The maximum Gasteiger partial charge on any atom is 0.123 e. The van der Waals surface area contributed by atoms with Gasteiger partial charge in [-0.3, -0.25) is 0 Å². The van der Waals surface area contributed by atoms with Crippen LogP contribution < -0.4 is 11.5 Å². The number of anilines is 1. The molecule has 0 aliphatic rings. The number of nitrogen functional groups attached to an aromatic ring is 1. The fraction of sp³-hybridized carbons (Fsp3) is 0.500. The number of aliphatic hydroxyl groups excluding tert-OH is 2. The van der Waals surface area contributed by atoms with Crippen molar-refractivity contribution in [3.8, 4) is 0 Å². The van der Waals surface area contributed by atoms with Crippen molar-refractivity contribution in [2.45, 2.75) is 25.6 Å². The fourth-order valence-electron chi connectivity index (χ4n) is 1.43. The Balaban J connectivity index is 2.86. The standard InChI is InChI=1S/C10H17N3O2/c1-6-4-9(12)13-5-7(6)10(15)8(14)2-3-11/h4-5,8,10,14-15H,2-3,11H2,1H3,(H2,12,13). The Morgan fingerprint density at radius 1 is 1.47 bits per heavy atom. The molecule has 0 radical (unpaired) electrons. The molecule has 6 N–H and O–H groups in total. The third-order valence-corrected chi connectivity index (χ3v) is 2.32. The Hall–Kier alpha value is -1.17. The molecule has 84 valence electrons. The molecule has 0 aromatic carbocycles. The molecule has 15 heavy (non-hydrogen) atoms. The van der Waals surface area contributed by atoms with Gasteiger partial charge in [-0.25, -0.2) is 4.98 Å². The number of aromatic nitrogens is 1. The molecule has 0 bridgehead atoms. The molecule has 1 aromatic rings. The van der Waals surface area contributed by atoms with E-state index in [0.29, 0.717) is 24.3 Å². The number of nitrogens with zero attached hydrogens (tertiary/aromatic N) is 1. The monoisotopic (exact) mass is 211 g/mol. The molecule has 2 unspecified atom stereocenters. The van der Waals surface area contributed by atoms with Crippen molar-refractivity contribution in [1.29, 1.82) is 0 Å². The second-order valence-electron chi connectivity index (χ2n) is 3.56. The van der Waals surface area contributed by atoms with E-state index in [-0.39, 0.29) is 0 Å². The van der Waals surface area contributed by atoms with E-state index in [1.807, 2.05) is 6.92 Å². The Morgan fingerprint density at radius 3 is 2.67 bits per heavy atom. The maximum absolute atomic E-state index is 9.81. The summed E-state index contributed by atoms with van der Waals surface area (Å²) < 4.78 is 0. The van der Waals surface area contributed by atoms with Crippen LogP contribution in [-0.2, 0) is 0 Å². The number of pyridine rings is 1.